The van der Waals surface area contributed by atoms with Gasteiger partial charge in [-0.25, -0.2) is 4.79 Å². The van der Waals surface area contributed by atoms with E-state index in [-0.39, 0.29) is 28.5 Å². The Morgan fingerprint density at radius 1 is 1.29 bits per heavy atom. The minimum atomic E-state index is -1.24. The topological polar surface area (TPSA) is 92.7 Å². The Kier molecular flexibility index (Phi) is 6.45. The van der Waals surface area contributed by atoms with Crippen molar-refractivity contribution in [2.24, 2.45) is 0 Å². The lowest BCUT2D eigenvalue weighted by atomic mass is 10.1. The standard InChI is InChI=1S/C13H13Cl2NO5/c1-21-11(17)5-4-10(13(19)20)16-12(18)7-2-3-8(14)9(15)6-7/h2-3,6,10H,4-5H2,1H3,(H,16,18)(H,19,20)/t10-/m0/s1. The number of amides is 1. The number of ether oxygens (including phenoxy) is 1. The van der Waals surface area contributed by atoms with Crippen LogP contribution < -0.4 is 5.32 Å². The smallest absolute Gasteiger partial charge is 0.326 e. The molecule has 1 aromatic rings. The van der Waals surface area contributed by atoms with Gasteiger partial charge in [-0.3, -0.25) is 9.59 Å². The normalized spacial score (nSPS) is 11.6. The first kappa shape index (κ1) is 17.3. The number of benzene rings is 1. The second-order valence-corrected chi connectivity index (χ2v) is 4.92. The van der Waals surface area contributed by atoms with Crippen molar-refractivity contribution in [2.75, 3.05) is 7.11 Å². The maximum absolute atomic E-state index is 11.9. The summed E-state index contributed by atoms with van der Waals surface area (Å²) in [5.41, 5.74) is 0.175. The first-order chi connectivity index (χ1) is 9.85. The summed E-state index contributed by atoms with van der Waals surface area (Å²) in [6.07, 6.45) is -0.190. The van der Waals surface area contributed by atoms with Crippen LogP contribution in [0.4, 0.5) is 0 Å². The fraction of sp³-hybridized carbons (Fsp3) is 0.308. The minimum absolute atomic E-state index is 0.0743. The second-order valence-electron chi connectivity index (χ2n) is 4.11. The van der Waals surface area contributed by atoms with Gasteiger partial charge in [0.1, 0.15) is 6.04 Å². The number of halogens is 2. The van der Waals surface area contributed by atoms with E-state index in [1.807, 2.05) is 0 Å². The van der Waals surface area contributed by atoms with Crippen molar-refractivity contribution in [1.82, 2.24) is 5.32 Å². The van der Waals surface area contributed by atoms with Gasteiger partial charge in [0.15, 0.2) is 0 Å². The Bertz CT molecular complexity index is 561. The number of hydrogen-bond acceptors (Lipinski definition) is 4. The maximum atomic E-state index is 11.9. The zero-order chi connectivity index (χ0) is 16.0. The van der Waals surface area contributed by atoms with E-state index in [4.69, 9.17) is 28.3 Å². The first-order valence-electron chi connectivity index (χ1n) is 5.90. The molecule has 0 aliphatic heterocycles. The van der Waals surface area contributed by atoms with Crippen molar-refractivity contribution >= 4 is 41.0 Å². The molecule has 0 saturated heterocycles. The molecule has 0 heterocycles. The summed E-state index contributed by atoms with van der Waals surface area (Å²) in [5.74, 6) is -2.41. The maximum Gasteiger partial charge on any atom is 0.326 e. The fourth-order valence-electron chi connectivity index (χ4n) is 1.50. The van der Waals surface area contributed by atoms with E-state index < -0.39 is 23.9 Å². The number of esters is 1. The van der Waals surface area contributed by atoms with Crippen LogP contribution in [-0.4, -0.2) is 36.1 Å². The van der Waals surface area contributed by atoms with Gasteiger partial charge in [-0.15, -0.1) is 0 Å². The molecule has 8 heteroatoms. The molecule has 1 rings (SSSR count). The van der Waals surface area contributed by atoms with Gasteiger partial charge in [0.25, 0.3) is 5.91 Å². The van der Waals surface area contributed by atoms with Crippen LogP contribution >= 0.6 is 23.2 Å². The van der Waals surface area contributed by atoms with Crippen LogP contribution in [0.25, 0.3) is 0 Å². The largest absolute Gasteiger partial charge is 0.480 e. The number of hydrogen-bond donors (Lipinski definition) is 2. The third-order valence-electron chi connectivity index (χ3n) is 2.65. The van der Waals surface area contributed by atoms with Gasteiger partial charge in [0.2, 0.25) is 0 Å². The molecule has 0 saturated carbocycles. The highest BCUT2D eigenvalue weighted by Gasteiger charge is 2.22. The summed E-state index contributed by atoms with van der Waals surface area (Å²) in [7, 11) is 1.20. The number of carboxylic acid groups (broad SMARTS) is 1. The highest BCUT2D eigenvalue weighted by molar-refractivity contribution is 6.42. The van der Waals surface area contributed by atoms with Crippen LogP contribution in [0.15, 0.2) is 18.2 Å². The van der Waals surface area contributed by atoms with Crippen LogP contribution in [0.2, 0.25) is 10.0 Å². The number of carbonyl (C=O) groups excluding carboxylic acids is 2. The van der Waals surface area contributed by atoms with Gasteiger partial charge < -0.3 is 15.2 Å². The van der Waals surface area contributed by atoms with Gasteiger partial charge in [0.05, 0.1) is 17.2 Å². The second kappa shape index (κ2) is 7.85. The number of nitrogens with one attached hydrogen (secondary N) is 1. The van der Waals surface area contributed by atoms with Crippen molar-refractivity contribution in [2.45, 2.75) is 18.9 Å². The molecule has 6 nitrogen and oxygen atoms in total. The third kappa shape index (κ3) is 5.24. The quantitative estimate of drug-likeness (QED) is 0.778. The van der Waals surface area contributed by atoms with E-state index >= 15 is 0 Å². The van der Waals surface area contributed by atoms with Crippen LogP contribution in [0, 0.1) is 0 Å². The highest BCUT2D eigenvalue weighted by atomic mass is 35.5. The molecule has 0 unspecified atom stereocenters. The van der Waals surface area contributed by atoms with Crippen LogP contribution in [0.1, 0.15) is 23.2 Å². The molecule has 1 aromatic carbocycles. The van der Waals surface area contributed by atoms with Crippen molar-refractivity contribution in [3.05, 3.63) is 33.8 Å². The zero-order valence-electron chi connectivity index (χ0n) is 11.1. The summed E-state index contributed by atoms with van der Waals surface area (Å²) in [4.78, 5) is 34.0. The molecule has 1 amide bonds. The Morgan fingerprint density at radius 2 is 1.95 bits per heavy atom. The number of rotatable bonds is 6. The van der Waals surface area contributed by atoms with Crippen LogP contribution in [-0.2, 0) is 14.3 Å². The molecule has 0 bridgehead atoms. The molecule has 114 valence electrons. The van der Waals surface area contributed by atoms with Gasteiger partial charge in [-0.05, 0) is 24.6 Å². The molecule has 0 fully saturated rings. The molecule has 0 aromatic heterocycles. The van der Waals surface area contributed by atoms with Gasteiger partial charge >= 0.3 is 11.9 Å². The van der Waals surface area contributed by atoms with Crippen LogP contribution in [0.3, 0.4) is 0 Å². The Balaban J connectivity index is 2.74. The van der Waals surface area contributed by atoms with Crippen LogP contribution in [0.5, 0.6) is 0 Å². The van der Waals surface area contributed by atoms with E-state index in [9.17, 15) is 14.4 Å². The average molecular weight is 334 g/mol. The molecule has 0 radical (unpaired) electrons. The SMILES string of the molecule is COC(=O)CC[C@H](NC(=O)c1ccc(Cl)c(Cl)c1)C(=O)O. The lowest BCUT2D eigenvalue weighted by Crippen LogP contribution is -2.41. The molecule has 2 N–H and O–H groups in total. The predicted octanol–water partition coefficient (Wildman–Crippen LogP) is 2.13. The summed E-state index contributed by atoms with van der Waals surface area (Å²) >= 11 is 11.5. The van der Waals surface area contributed by atoms with Crippen molar-refractivity contribution in [1.29, 1.82) is 0 Å². The first-order valence-corrected chi connectivity index (χ1v) is 6.66. The van der Waals surface area contributed by atoms with Crippen molar-refractivity contribution in [3.8, 4) is 0 Å². The van der Waals surface area contributed by atoms with Crippen molar-refractivity contribution < 1.29 is 24.2 Å². The molecule has 21 heavy (non-hydrogen) atoms. The minimum Gasteiger partial charge on any atom is -0.480 e. The molecule has 0 aliphatic carbocycles. The lowest BCUT2D eigenvalue weighted by molar-refractivity contribution is -0.142. The summed E-state index contributed by atoms with van der Waals surface area (Å²) < 4.78 is 4.42. The van der Waals surface area contributed by atoms with E-state index in [0.717, 1.165) is 0 Å². The number of methoxy groups -OCH3 is 1. The molecular weight excluding hydrogens is 321 g/mol. The monoisotopic (exact) mass is 333 g/mol. The predicted molar refractivity (Wildman–Crippen MR) is 76.6 cm³/mol. The average Bonchev–Trinajstić information content (AvgIpc) is 2.45. The Morgan fingerprint density at radius 3 is 2.48 bits per heavy atom. The highest BCUT2D eigenvalue weighted by Crippen LogP contribution is 2.22. The number of carbonyl (C=O) groups is 3. The summed E-state index contributed by atoms with van der Waals surface area (Å²) in [5, 5.41) is 11.8. The zero-order valence-corrected chi connectivity index (χ0v) is 12.6. The summed E-state index contributed by atoms with van der Waals surface area (Å²) in [6.45, 7) is 0. The Hall–Kier alpha value is -1.79. The van der Waals surface area contributed by atoms with Gasteiger partial charge in [0, 0.05) is 12.0 Å². The molecule has 1 atom stereocenters. The van der Waals surface area contributed by atoms with E-state index in [1.165, 1.54) is 25.3 Å². The van der Waals surface area contributed by atoms with E-state index in [1.54, 1.807) is 0 Å². The van der Waals surface area contributed by atoms with Gasteiger partial charge in [-0.2, -0.15) is 0 Å². The Labute approximate surface area is 131 Å². The molecule has 0 spiro atoms. The lowest BCUT2D eigenvalue weighted by Gasteiger charge is -2.14. The molecular formula is C13H13Cl2NO5. The van der Waals surface area contributed by atoms with E-state index in [2.05, 4.69) is 10.1 Å². The summed E-state index contributed by atoms with van der Waals surface area (Å²) in [6, 6.07) is 2.98. The molecule has 0 aliphatic rings. The third-order valence-corrected chi connectivity index (χ3v) is 3.39. The van der Waals surface area contributed by atoms with E-state index in [0.29, 0.717) is 0 Å². The van der Waals surface area contributed by atoms with Gasteiger partial charge in [-0.1, -0.05) is 23.2 Å². The number of aliphatic carboxylic acids is 1. The number of carboxylic acids is 1. The fourth-order valence-corrected chi connectivity index (χ4v) is 1.80. The van der Waals surface area contributed by atoms with Crippen molar-refractivity contribution in [3.63, 3.8) is 0 Å².